The first-order valence-electron chi connectivity index (χ1n) is 9.80. The van der Waals surface area contributed by atoms with Crippen molar-refractivity contribution in [3.05, 3.63) is 100 Å². The number of halogens is 1. The molecular formula is C24H25ClN2O3S. The Morgan fingerprint density at radius 3 is 2.19 bits per heavy atom. The van der Waals surface area contributed by atoms with Crippen LogP contribution in [0.3, 0.4) is 0 Å². The van der Waals surface area contributed by atoms with E-state index in [0.717, 1.165) is 27.3 Å². The molecule has 0 aliphatic carbocycles. The summed E-state index contributed by atoms with van der Waals surface area (Å²) < 4.78 is 26.1. The Morgan fingerprint density at radius 1 is 0.968 bits per heavy atom. The van der Waals surface area contributed by atoms with Crippen LogP contribution < -0.4 is 9.62 Å². The van der Waals surface area contributed by atoms with E-state index in [0.29, 0.717) is 16.3 Å². The third-order valence-electron chi connectivity index (χ3n) is 4.98. The van der Waals surface area contributed by atoms with Gasteiger partial charge in [-0.1, -0.05) is 77.8 Å². The standard InChI is InChI=1S/C24H25ClN2O3S/c1-17-9-12-20(13-10-17)24(19-7-5-4-6-8-19)26-23(28)16-27(31(3,29)30)22-15-21(25)14-11-18(22)2/h4-15,24H,16H2,1-3H3,(H,26,28). The minimum absolute atomic E-state index is 0.352. The van der Waals surface area contributed by atoms with Gasteiger partial charge in [0.1, 0.15) is 6.54 Å². The summed E-state index contributed by atoms with van der Waals surface area (Å²) in [5, 5.41) is 3.40. The number of anilines is 1. The van der Waals surface area contributed by atoms with Crippen molar-refractivity contribution in [2.24, 2.45) is 0 Å². The molecule has 0 aromatic heterocycles. The van der Waals surface area contributed by atoms with Crippen molar-refractivity contribution in [1.82, 2.24) is 5.32 Å². The van der Waals surface area contributed by atoms with Crippen LogP contribution in [0.25, 0.3) is 0 Å². The average Bonchev–Trinajstić information content (AvgIpc) is 2.73. The minimum atomic E-state index is -3.71. The van der Waals surface area contributed by atoms with Crippen LogP contribution in [0.15, 0.2) is 72.8 Å². The Hall–Kier alpha value is -2.83. The zero-order valence-corrected chi connectivity index (χ0v) is 19.2. The largest absolute Gasteiger partial charge is 0.344 e. The average molecular weight is 457 g/mol. The molecule has 0 radical (unpaired) electrons. The van der Waals surface area contributed by atoms with Crippen molar-refractivity contribution in [1.29, 1.82) is 0 Å². The number of nitrogens with one attached hydrogen (secondary N) is 1. The second-order valence-electron chi connectivity index (χ2n) is 7.52. The number of nitrogens with zero attached hydrogens (tertiary/aromatic N) is 1. The topological polar surface area (TPSA) is 66.5 Å². The number of benzene rings is 3. The molecule has 0 spiro atoms. The van der Waals surface area contributed by atoms with Gasteiger partial charge in [0.15, 0.2) is 0 Å². The van der Waals surface area contributed by atoms with Gasteiger partial charge < -0.3 is 5.32 Å². The van der Waals surface area contributed by atoms with Crippen LogP contribution in [0.4, 0.5) is 5.69 Å². The molecule has 0 saturated heterocycles. The third kappa shape index (κ3) is 5.87. The van der Waals surface area contributed by atoms with Crippen LogP contribution in [0, 0.1) is 13.8 Å². The summed E-state index contributed by atoms with van der Waals surface area (Å²) in [7, 11) is -3.71. The molecule has 0 saturated carbocycles. The quantitative estimate of drug-likeness (QED) is 0.563. The predicted octanol–water partition coefficient (Wildman–Crippen LogP) is 4.63. The van der Waals surface area contributed by atoms with Crippen LogP contribution in [-0.2, 0) is 14.8 Å². The molecule has 0 aliphatic rings. The lowest BCUT2D eigenvalue weighted by atomic mass is 9.98. The SMILES string of the molecule is Cc1ccc(C(NC(=O)CN(c2cc(Cl)ccc2C)S(C)(=O)=O)c2ccccc2)cc1. The zero-order valence-electron chi connectivity index (χ0n) is 17.7. The van der Waals surface area contributed by atoms with Gasteiger partial charge in [-0.25, -0.2) is 8.42 Å². The van der Waals surface area contributed by atoms with Gasteiger partial charge in [-0.3, -0.25) is 9.10 Å². The Balaban J connectivity index is 1.91. The second-order valence-corrected chi connectivity index (χ2v) is 9.87. The maximum atomic E-state index is 13.0. The molecule has 162 valence electrons. The van der Waals surface area contributed by atoms with Gasteiger partial charge in [0.05, 0.1) is 18.0 Å². The number of amides is 1. The van der Waals surface area contributed by atoms with E-state index in [9.17, 15) is 13.2 Å². The number of hydrogen-bond acceptors (Lipinski definition) is 3. The van der Waals surface area contributed by atoms with Gasteiger partial charge in [-0.05, 0) is 42.7 Å². The van der Waals surface area contributed by atoms with E-state index >= 15 is 0 Å². The first-order valence-corrected chi connectivity index (χ1v) is 12.0. The maximum Gasteiger partial charge on any atom is 0.241 e. The van der Waals surface area contributed by atoms with Gasteiger partial charge >= 0.3 is 0 Å². The molecule has 5 nitrogen and oxygen atoms in total. The van der Waals surface area contributed by atoms with E-state index in [4.69, 9.17) is 11.6 Å². The lowest BCUT2D eigenvalue weighted by Gasteiger charge is -2.26. The number of carbonyl (C=O) groups is 1. The zero-order chi connectivity index (χ0) is 22.6. The fraction of sp³-hybridized carbons (Fsp3) is 0.208. The summed E-state index contributed by atoms with van der Waals surface area (Å²) in [5.41, 5.74) is 4.03. The van der Waals surface area contributed by atoms with Crippen LogP contribution in [-0.4, -0.2) is 27.1 Å². The maximum absolute atomic E-state index is 13.0. The van der Waals surface area contributed by atoms with Crippen LogP contribution in [0.5, 0.6) is 0 Å². The van der Waals surface area contributed by atoms with Crippen LogP contribution in [0.2, 0.25) is 5.02 Å². The first-order chi connectivity index (χ1) is 14.6. The van der Waals surface area contributed by atoms with Crippen molar-refractivity contribution in [2.45, 2.75) is 19.9 Å². The molecular weight excluding hydrogens is 432 g/mol. The fourth-order valence-corrected chi connectivity index (χ4v) is 4.40. The molecule has 0 heterocycles. The second kappa shape index (κ2) is 9.54. The summed E-state index contributed by atoms with van der Waals surface area (Å²) in [4.78, 5) is 13.0. The molecule has 3 aromatic rings. The van der Waals surface area contributed by atoms with Crippen molar-refractivity contribution in [3.63, 3.8) is 0 Å². The molecule has 0 fully saturated rings. The molecule has 31 heavy (non-hydrogen) atoms. The molecule has 0 aliphatic heterocycles. The number of aryl methyl sites for hydroxylation is 2. The van der Waals surface area contributed by atoms with E-state index in [1.54, 1.807) is 25.1 Å². The fourth-order valence-electron chi connectivity index (χ4n) is 3.33. The van der Waals surface area contributed by atoms with Gasteiger partial charge in [0.25, 0.3) is 0 Å². The van der Waals surface area contributed by atoms with Crippen LogP contribution in [0.1, 0.15) is 28.3 Å². The Kier molecular flexibility index (Phi) is 7.03. The molecule has 3 rings (SSSR count). The number of hydrogen-bond donors (Lipinski definition) is 1. The minimum Gasteiger partial charge on any atom is -0.344 e. The molecule has 1 N–H and O–H groups in total. The summed E-state index contributed by atoms with van der Waals surface area (Å²) in [6.07, 6.45) is 1.08. The lowest BCUT2D eigenvalue weighted by Crippen LogP contribution is -2.42. The molecule has 7 heteroatoms. The van der Waals surface area contributed by atoms with Crippen molar-refractivity contribution < 1.29 is 13.2 Å². The summed E-state index contributed by atoms with van der Waals surface area (Å²) >= 11 is 6.08. The molecule has 1 amide bonds. The monoisotopic (exact) mass is 456 g/mol. The normalized spacial score (nSPS) is 12.3. The van der Waals surface area contributed by atoms with E-state index in [2.05, 4.69) is 5.32 Å². The van der Waals surface area contributed by atoms with Gasteiger partial charge in [-0.2, -0.15) is 0 Å². The highest BCUT2D eigenvalue weighted by Crippen LogP contribution is 2.27. The summed E-state index contributed by atoms with van der Waals surface area (Å²) in [5.74, 6) is -0.417. The Bertz CT molecular complexity index is 1160. The van der Waals surface area contributed by atoms with Crippen LogP contribution >= 0.6 is 11.6 Å². The molecule has 1 atom stereocenters. The summed E-state index contributed by atoms with van der Waals surface area (Å²) in [6, 6.07) is 22.0. The van der Waals surface area contributed by atoms with E-state index in [1.807, 2.05) is 61.5 Å². The Morgan fingerprint density at radius 2 is 1.58 bits per heavy atom. The van der Waals surface area contributed by atoms with E-state index in [1.165, 1.54) is 0 Å². The van der Waals surface area contributed by atoms with Crippen molar-refractivity contribution >= 4 is 33.2 Å². The number of carbonyl (C=O) groups excluding carboxylic acids is 1. The van der Waals surface area contributed by atoms with Crippen molar-refractivity contribution in [2.75, 3.05) is 17.1 Å². The number of rotatable bonds is 7. The molecule has 3 aromatic carbocycles. The highest BCUT2D eigenvalue weighted by molar-refractivity contribution is 7.92. The smallest absolute Gasteiger partial charge is 0.241 e. The lowest BCUT2D eigenvalue weighted by molar-refractivity contribution is -0.120. The predicted molar refractivity (Wildman–Crippen MR) is 126 cm³/mol. The molecule has 1 unspecified atom stereocenters. The molecule has 0 bridgehead atoms. The van der Waals surface area contributed by atoms with Gasteiger partial charge in [0, 0.05) is 5.02 Å². The highest BCUT2D eigenvalue weighted by atomic mass is 35.5. The number of sulfonamides is 1. The van der Waals surface area contributed by atoms with Gasteiger partial charge in [0.2, 0.25) is 15.9 Å². The van der Waals surface area contributed by atoms with E-state index in [-0.39, 0.29) is 6.54 Å². The van der Waals surface area contributed by atoms with Gasteiger partial charge in [-0.15, -0.1) is 0 Å². The van der Waals surface area contributed by atoms with Crippen molar-refractivity contribution in [3.8, 4) is 0 Å². The highest BCUT2D eigenvalue weighted by Gasteiger charge is 2.25. The van der Waals surface area contributed by atoms with E-state index < -0.39 is 22.0 Å². The first kappa shape index (κ1) is 22.8. The summed E-state index contributed by atoms with van der Waals surface area (Å²) in [6.45, 7) is 3.42. The Labute approximate surface area is 188 Å². The third-order valence-corrected chi connectivity index (χ3v) is 6.34.